The molecule has 0 atom stereocenters. The first-order valence-electron chi connectivity index (χ1n) is 4.55. The number of nitriles is 1. The minimum absolute atomic E-state index is 0.113. The van der Waals surface area contributed by atoms with Crippen molar-refractivity contribution in [3.63, 3.8) is 0 Å². The molecule has 0 saturated carbocycles. The Bertz CT molecular complexity index is 483. The zero-order valence-corrected chi connectivity index (χ0v) is 8.91. The lowest BCUT2D eigenvalue weighted by atomic mass is 10.0. The summed E-state index contributed by atoms with van der Waals surface area (Å²) in [6.07, 6.45) is -1.92. The number of nitrogens with two attached hydrogens (primary N) is 1. The molecule has 0 aliphatic heterocycles. The van der Waals surface area contributed by atoms with Crippen LogP contribution < -0.4 is 5.73 Å². The predicted octanol–water partition coefficient (Wildman–Crippen LogP) is 1.14. The molecule has 0 spiro atoms. The topological polar surface area (TPSA) is 89.0 Å². The smallest absolute Gasteiger partial charge is 0.339 e. The first-order valence-corrected chi connectivity index (χ1v) is 4.55. The molecule has 0 aliphatic rings. The highest BCUT2D eigenvalue weighted by Crippen LogP contribution is 2.27. The number of hydrogen-bond donors (Lipinski definition) is 1. The molecule has 0 aliphatic carbocycles. The van der Waals surface area contributed by atoms with E-state index in [9.17, 15) is 13.6 Å². The quantitative estimate of drug-likeness (QED) is 0.801. The molecule has 1 aromatic rings. The molecule has 1 rings (SSSR count). The molecule has 1 heterocycles. The first kappa shape index (κ1) is 13.0. The van der Waals surface area contributed by atoms with Gasteiger partial charge in [0.25, 0.3) is 6.43 Å². The minimum Gasteiger partial charge on any atom is -0.465 e. The van der Waals surface area contributed by atoms with E-state index in [4.69, 9.17) is 11.0 Å². The lowest BCUT2D eigenvalue weighted by Crippen LogP contribution is -2.14. The summed E-state index contributed by atoms with van der Waals surface area (Å²) < 4.78 is 30.0. The Balaban J connectivity index is 3.53. The summed E-state index contributed by atoms with van der Waals surface area (Å²) in [5.41, 5.74) is 4.02. The van der Waals surface area contributed by atoms with Crippen LogP contribution in [0, 0.1) is 11.3 Å². The largest absolute Gasteiger partial charge is 0.465 e. The van der Waals surface area contributed by atoms with Gasteiger partial charge in [0, 0.05) is 12.7 Å². The fourth-order valence-corrected chi connectivity index (χ4v) is 1.39. The predicted molar refractivity (Wildman–Crippen MR) is 53.1 cm³/mol. The zero-order valence-electron chi connectivity index (χ0n) is 8.91. The van der Waals surface area contributed by atoms with Crippen LogP contribution in [0.4, 0.5) is 8.78 Å². The van der Waals surface area contributed by atoms with Crippen molar-refractivity contribution in [3.8, 4) is 6.07 Å². The Labute approximate surface area is 95.8 Å². The molecule has 2 N–H and O–H groups in total. The Morgan fingerprint density at radius 2 is 2.35 bits per heavy atom. The first-order chi connectivity index (χ1) is 8.06. The molecule has 0 bridgehead atoms. The minimum atomic E-state index is -2.93. The molecule has 17 heavy (non-hydrogen) atoms. The van der Waals surface area contributed by atoms with Gasteiger partial charge in [0.1, 0.15) is 11.8 Å². The summed E-state index contributed by atoms with van der Waals surface area (Å²) in [4.78, 5) is 14.8. The highest BCUT2D eigenvalue weighted by molar-refractivity contribution is 5.91. The number of carbonyl (C=O) groups is 1. The van der Waals surface area contributed by atoms with Crippen molar-refractivity contribution in [1.29, 1.82) is 5.26 Å². The SMILES string of the molecule is COC(=O)c1cnc(C#N)c(C(F)F)c1CN. The number of rotatable bonds is 3. The second-order valence-corrected chi connectivity index (χ2v) is 3.02. The van der Waals surface area contributed by atoms with Gasteiger partial charge >= 0.3 is 5.97 Å². The van der Waals surface area contributed by atoms with Gasteiger partial charge in [-0.05, 0) is 5.56 Å². The summed E-state index contributed by atoms with van der Waals surface area (Å²) >= 11 is 0. The summed E-state index contributed by atoms with van der Waals surface area (Å²) in [5, 5.41) is 8.67. The third-order valence-electron chi connectivity index (χ3n) is 2.16. The molecule has 1 aromatic heterocycles. The van der Waals surface area contributed by atoms with Gasteiger partial charge in [-0.15, -0.1) is 0 Å². The number of halogens is 2. The summed E-state index contributed by atoms with van der Waals surface area (Å²) in [7, 11) is 1.11. The third-order valence-corrected chi connectivity index (χ3v) is 2.16. The van der Waals surface area contributed by atoms with Crippen LogP contribution >= 0.6 is 0 Å². The standard InChI is InChI=1S/C10H9F2N3O2/c1-17-10(16)6-4-15-7(3-14)8(9(11)12)5(6)2-13/h4,9H,2,13H2,1H3. The van der Waals surface area contributed by atoms with E-state index in [1.54, 1.807) is 0 Å². The van der Waals surface area contributed by atoms with Gasteiger partial charge in [-0.25, -0.2) is 18.6 Å². The number of aromatic nitrogens is 1. The molecule has 5 nitrogen and oxygen atoms in total. The van der Waals surface area contributed by atoms with E-state index in [0.717, 1.165) is 13.3 Å². The van der Waals surface area contributed by atoms with E-state index in [2.05, 4.69) is 9.72 Å². The van der Waals surface area contributed by atoms with E-state index < -0.39 is 23.7 Å². The number of esters is 1. The van der Waals surface area contributed by atoms with Crippen LogP contribution in [0.25, 0.3) is 0 Å². The molecule has 0 fully saturated rings. The molecule has 0 aromatic carbocycles. The molecule has 0 amide bonds. The fraction of sp³-hybridized carbons (Fsp3) is 0.300. The third kappa shape index (κ3) is 2.37. The van der Waals surface area contributed by atoms with Crippen molar-refractivity contribution >= 4 is 5.97 Å². The number of nitrogens with zero attached hydrogens (tertiary/aromatic N) is 2. The Morgan fingerprint density at radius 1 is 1.71 bits per heavy atom. The lowest BCUT2D eigenvalue weighted by Gasteiger charge is -2.12. The Hall–Kier alpha value is -2.07. The number of carbonyl (C=O) groups excluding carboxylic acids is 1. The van der Waals surface area contributed by atoms with Crippen molar-refractivity contribution < 1.29 is 18.3 Å². The second kappa shape index (κ2) is 5.32. The zero-order chi connectivity index (χ0) is 13.0. The van der Waals surface area contributed by atoms with Crippen LogP contribution in [0.15, 0.2) is 6.20 Å². The Kier molecular flexibility index (Phi) is 4.06. The van der Waals surface area contributed by atoms with Gasteiger partial charge in [-0.1, -0.05) is 0 Å². The van der Waals surface area contributed by atoms with Crippen molar-refractivity contribution in [1.82, 2.24) is 4.98 Å². The number of pyridine rings is 1. The van der Waals surface area contributed by atoms with Crippen molar-refractivity contribution in [2.24, 2.45) is 5.73 Å². The summed E-state index contributed by atoms with van der Waals surface area (Å²) in [5.74, 6) is -0.815. The van der Waals surface area contributed by atoms with E-state index in [1.807, 2.05) is 0 Å². The van der Waals surface area contributed by atoms with Gasteiger partial charge in [-0.3, -0.25) is 0 Å². The van der Waals surface area contributed by atoms with Gasteiger partial charge in [0.05, 0.1) is 18.2 Å². The molecule has 90 valence electrons. The number of methoxy groups -OCH3 is 1. The van der Waals surface area contributed by atoms with Crippen molar-refractivity contribution in [3.05, 3.63) is 28.6 Å². The normalized spacial score (nSPS) is 10.1. The fourth-order valence-electron chi connectivity index (χ4n) is 1.39. The van der Waals surface area contributed by atoms with Gasteiger partial charge in [-0.2, -0.15) is 5.26 Å². The average Bonchev–Trinajstić information content (AvgIpc) is 2.35. The second-order valence-electron chi connectivity index (χ2n) is 3.02. The van der Waals surface area contributed by atoms with E-state index in [1.165, 1.54) is 6.07 Å². The maximum Gasteiger partial charge on any atom is 0.339 e. The van der Waals surface area contributed by atoms with Crippen LogP contribution in [0.2, 0.25) is 0 Å². The molecular formula is C10H9F2N3O2. The van der Waals surface area contributed by atoms with Gasteiger partial charge < -0.3 is 10.5 Å². The summed E-state index contributed by atoms with van der Waals surface area (Å²) in [6, 6.07) is 1.54. The molecule has 7 heteroatoms. The number of hydrogen-bond acceptors (Lipinski definition) is 5. The number of alkyl halides is 2. The van der Waals surface area contributed by atoms with E-state index in [-0.39, 0.29) is 17.7 Å². The Morgan fingerprint density at radius 3 is 2.76 bits per heavy atom. The van der Waals surface area contributed by atoms with Crippen molar-refractivity contribution in [2.45, 2.75) is 13.0 Å². The molecular weight excluding hydrogens is 232 g/mol. The van der Waals surface area contributed by atoms with E-state index in [0.29, 0.717) is 0 Å². The molecule has 0 unspecified atom stereocenters. The summed E-state index contributed by atoms with van der Waals surface area (Å²) in [6.45, 7) is -0.304. The average molecular weight is 241 g/mol. The van der Waals surface area contributed by atoms with Crippen LogP contribution in [-0.2, 0) is 11.3 Å². The van der Waals surface area contributed by atoms with Crippen LogP contribution in [0.1, 0.15) is 33.6 Å². The van der Waals surface area contributed by atoms with Crippen LogP contribution in [0.3, 0.4) is 0 Å². The highest BCUT2D eigenvalue weighted by atomic mass is 19.3. The van der Waals surface area contributed by atoms with Gasteiger partial charge in [0.15, 0.2) is 0 Å². The van der Waals surface area contributed by atoms with E-state index >= 15 is 0 Å². The van der Waals surface area contributed by atoms with Gasteiger partial charge in [0.2, 0.25) is 0 Å². The van der Waals surface area contributed by atoms with Crippen LogP contribution in [-0.4, -0.2) is 18.1 Å². The lowest BCUT2D eigenvalue weighted by molar-refractivity contribution is 0.0598. The number of ether oxygens (including phenoxy) is 1. The monoisotopic (exact) mass is 241 g/mol. The highest BCUT2D eigenvalue weighted by Gasteiger charge is 2.24. The van der Waals surface area contributed by atoms with Crippen molar-refractivity contribution in [2.75, 3.05) is 7.11 Å². The maximum atomic E-state index is 12.8. The molecule has 0 radical (unpaired) electrons. The van der Waals surface area contributed by atoms with Crippen LogP contribution in [0.5, 0.6) is 0 Å². The maximum absolute atomic E-state index is 12.8. The molecule has 0 saturated heterocycles.